The molecule has 4 rings (SSSR count). The summed E-state index contributed by atoms with van der Waals surface area (Å²) in [5.41, 5.74) is 2.29. The van der Waals surface area contributed by atoms with E-state index in [0.717, 1.165) is 23.1 Å². The number of hydrogen-bond donors (Lipinski definition) is 3. The van der Waals surface area contributed by atoms with E-state index < -0.39 is 5.82 Å². The molecule has 0 spiro atoms. The van der Waals surface area contributed by atoms with Gasteiger partial charge in [-0.05, 0) is 42.5 Å². The van der Waals surface area contributed by atoms with Gasteiger partial charge in [0.15, 0.2) is 0 Å². The Labute approximate surface area is 180 Å². The SMILES string of the molecule is COc1ccc(-c2cc(-c3nnc(SCC(=O)Nc4ccccc4F)n3N)[nH]n2)cc1. The number of methoxy groups -OCH3 is 1. The highest BCUT2D eigenvalue weighted by Crippen LogP contribution is 2.26. The van der Waals surface area contributed by atoms with Gasteiger partial charge in [0.05, 0.1) is 24.2 Å². The maximum atomic E-state index is 13.6. The van der Waals surface area contributed by atoms with Gasteiger partial charge >= 0.3 is 0 Å². The Morgan fingerprint density at radius 1 is 1.23 bits per heavy atom. The summed E-state index contributed by atoms with van der Waals surface area (Å²) in [7, 11) is 1.61. The minimum atomic E-state index is -0.503. The van der Waals surface area contributed by atoms with Crippen LogP contribution < -0.4 is 15.9 Å². The highest BCUT2D eigenvalue weighted by molar-refractivity contribution is 7.99. The van der Waals surface area contributed by atoms with Crippen LogP contribution in [-0.2, 0) is 4.79 Å². The van der Waals surface area contributed by atoms with Crippen molar-refractivity contribution in [3.8, 4) is 28.5 Å². The van der Waals surface area contributed by atoms with Gasteiger partial charge in [-0.2, -0.15) is 5.10 Å². The van der Waals surface area contributed by atoms with Crippen molar-refractivity contribution in [2.45, 2.75) is 5.16 Å². The number of ether oxygens (including phenoxy) is 1. The van der Waals surface area contributed by atoms with E-state index in [0.29, 0.717) is 22.4 Å². The minimum Gasteiger partial charge on any atom is -0.497 e. The van der Waals surface area contributed by atoms with E-state index in [2.05, 4.69) is 25.7 Å². The van der Waals surface area contributed by atoms with Crippen LogP contribution in [0.5, 0.6) is 5.75 Å². The number of aromatic amines is 1. The molecule has 0 atom stereocenters. The van der Waals surface area contributed by atoms with E-state index in [1.165, 1.54) is 16.8 Å². The summed E-state index contributed by atoms with van der Waals surface area (Å²) in [5, 5.41) is 18.1. The molecule has 9 nitrogen and oxygen atoms in total. The Morgan fingerprint density at radius 2 is 2.00 bits per heavy atom. The second kappa shape index (κ2) is 8.88. The van der Waals surface area contributed by atoms with E-state index in [9.17, 15) is 9.18 Å². The Kier molecular flexibility index (Phi) is 5.85. The summed E-state index contributed by atoms with van der Waals surface area (Å²) < 4.78 is 20.1. The molecule has 4 aromatic rings. The van der Waals surface area contributed by atoms with Crippen molar-refractivity contribution in [3.05, 3.63) is 60.4 Å². The molecule has 0 fully saturated rings. The Balaban J connectivity index is 1.43. The van der Waals surface area contributed by atoms with Gasteiger partial charge in [0.25, 0.3) is 0 Å². The summed E-state index contributed by atoms with van der Waals surface area (Å²) in [6, 6.07) is 15.2. The molecule has 0 radical (unpaired) electrons. The van der Waals surface area contributed by atoms with E-state index in [1.54, 1.807) is 25.3 Å². The zero-order chi connectivity index (χ0) is 21.8. The third-order valence-corrected chi connectivity index (χ3v) is 5.29. The summed E-state index contributed by atoms with van der Waals surface area (Å²) in [6.07, 6.45) is 0. The van der Waals surface area contributed by atoms with Crippen LogP contribution in [0.25, 0.3) is 22.8 Å². The third kappa shape index (κ3) is 4.51. The number of amides is 1. The molecule has 0 bridgehead atoms. The summed E-state index contributed by atoms with van der Waals surface area (Å²) in [5.74, 6) is 6.32. The smallest absolute Gasteiger partial charge is 0.234 e. The van der Waals surface area contributed by atoms with Crippen LogP contribution in [-0.4, -0.2) is 43.8 Å². The predicted molar refractivity (Wildman–Crippen MR) is 115 cm³/mol. The number of carbonyl (C=O) groups excluding carboxylic acids is 1. The number of anilines is 1. The van der Waals surface area contributed by atoms with Crippen LogP contribution in [0.3, 0.4) is 0 Å². The van der Waals surface area contributed by atoms with E-state index >= 15 is 0 Å². The normalized spacial score (nSPS) is 10.8. The molecule has 0 aliphatic heterocycles. The van der Waals surface area contributed by atoms with Gasteiger partial charge in [0.1, 0.15) is 17.3 Å². The summed E-state index contributed by atoms with van der Waals surface area (Å²) in [6.45, 7) is 0. The van der Waals surface area contributed by atoms with Crippen molar-refractivity contribution in [1.29, 1.82) is 0 Å². The Morgan fingerprint density at radius 3 is 2.74 bits per heavy atom. The van der Waals surface area contributed by atoms with E-state index in [-0.39, 0.29) is 17.3 Å². The van der Waals surface area contributed by atoms with Crippen molar-refractivity contribution >= 4 is 23.4 Å². The second-order valence-electron chi connectivity index (χ2n) is 6.39. The van der Waals surface area contributed by atoms with Crippen molar-refractivity contribution in [3.63, 3.8) is 0 Å². The van der Waals surface area contributed by atoms with Crippen LogP contribution >= 0.6 is 11.8 Å². The van der Waals surface area contributed by atoms with Gasteiger partial charge in [-0.15, -0.1) is 10.2 Å². The molecular formula is C20H18FN7O2S. The Hall–Kier alpha value is -3.86. The molecule has 2 aromatic heterocycles. The molecule has 0 unspecified atom stereocenters. The predicted octanol–water partition coefficient (Wildman–Crippen LogP) is 2.93. The van der Waals surface area contributed by atoms with Gasteiger partial charge in [-0.25, -0.2) is 9.07 Å². The molecule has 0 aliphatic rings. The molecule has 0 saturated carbocycles. The average Bonchev–Trinajstić information content (AvgIpc) is 3.41. The maximum absolute atomic E-state index is 13.6. The first-order valence-corrected chi connectivity index (χ1v) is 10.1. The number of halogens is 1. The molecular weight excluding hydrogens is 421 g/mol. The maximum Gasteiger partial charge on any atom is 0.234 e. The highest BCUT2D eigenvalue weighted by atomic mass is 32.2. The van der Waals surface area contributed by atoms with E-state index in [1.807, 2.05) is 24.3 Å². The molecule has 4 N–H and O–H groups in total. The highest BCUT2D eigenvalue weighted by Gasteiger charge is 2.17. The first kappa shape index (κ1) is 20.4. The number of aromatic nitrogens is 5. The molecule has 31 heavy (non-hydrogen) atoms. The number of benzene rings is 2. The largest absolute Gasteiger partial charge is 0.497 e. The molecule has 0 saturated heterocycles. The van der Waals surface area contributed by atoms with E-state index in [4.69, 9.17) is 10.6 Å². The number of H-pyrrole nitrogens is 1. The number of nitrogens with one attached hydrogen (secondary N) is 2. The lowest BCUT2D eigenvalue weighted by Gasteiger charge is -2.06. The fraction of sp³-hybridized carbons (Fsp3) is 0.100. The topological polar surface area (TPSA) is 124 Å². The zero-order valence-electron chi connectivity index (χ0n) is 16.4. The van der Waals surface area contributed by atoms with Crippen LogP contribution in [0.1, 0.15) is 0 Å². The first-order chi connectivity index (χ1) is 15.0. The number of nitrogens with zero attached hydrogens (tertiary/aromatic N) is 4. The third-order valence-electron chi connectivity index (χ3n) is 4.35. The van der Waals surface area contributed by atoms with Gasteiger partial charge in [-0.1, -0.05) is 23.9 Å². The van der Waals surface area contributed by atoms with Crippen molar-refractivity contribution in [2.75, 3.05) is 24.0 Å². The number of nitrogens with two attached hydrogens (primary N) is 1. The average molecular weight is 439 g/mol. The minimum absolute atomic E-state index is 0.0102. The van der Waals surface area contributed by atoms with Crippen molar-refractivity contribution in [2.24, 2.45) is 0 Å². The zero-order valence-corrected chi connectivity index (χ0v) is 17.2. The van der Waals surface area contributed by atoms with Gasteiger partial charge < -0.3 is 15.9 Å². The number of carbonyl (C=O) groups is 1. The number of para-hydroxylation sites is 1. The molecule has 158 valence electrons. The first-order valence-electron chi connectivity index (χ1n) is 9.13. The van der Waals surface area contributed by atoms with Crippen LogP contribution in [0.2, 0.25) is 0 Å². The van der Waals surface area contributed by atoms with Gasteiger partial charge in [0, 0.05) is 5.56 Å². The lowest BCUT2D eigenvalue weighted by atomic mass is 10.1. The standard InChI is InChI=1S/C20H18FN7O2S/c1-30-13-8-6-12(7-9-13)16-10-17(25-24-16)19-26-27-20(28(19)22)31-11-18(29)23-15-5-3-2-4-14(15)21/h2-10H,11,22H2,1H3,(H,23,29)(H,24,25). The van der Waals surface area contributed by atoms with Crippen molar-refractivity contribution < 1.29 is 13.9 Å². The van der Waals surface area contributed by atoms with Crippen LogP contribution in [0, 0.1) is 5.82 Å². The number of nitrogen functional groups attached to an aromatic ring is 1. The lowest BCUT2D eigenvalue weighted by molar-refractivity contribution is -0.113. The number of hydrogen-bond acceptors (Lipinski definition) is 7. The fourth-order valence-electron chi connectivity index (χ4n) is 2.78. The molecule has 2 heterocycles. The van der Waals surface area contributed by atoms with Gasteiger partial charge in [-0.3, -0.25) is 9.89 Å². The number of thioether (sulfide) groups is 1. The molecule has 0 aliphatic carbocycles. The van der Waals surface area contributed by atoms with Gasteiger partial charge in [0.2, 0.25) is 16.9 Å². The Bertz CT molecular complexity index is 1210. The molecule has 2 aromatic carbocycles. The molecule has 11 heteroatoms. The summed E-state index contributed by atoms with van der Waals surface area (Å²) >= 11 is 1.08. The monoisotopic (exact) mass is 439 g/mol. The second-order valence-corrected chi connectivity index (χ2v) is 7.33. The summed E-state index contributed by atoms with van der Waals surface area (Å²) in [4.78, 5) is 12.1. The van der Waals surface area contributed by atoms with Crippen molar-refractivity contribution in [1.82, 2.24) is 25.1 Å². The molecule has 1 amide bonds. The lowest BCUT2D eigenvalue weighted by Crippen LogP contribution is -2.17. The fourth-order valence-corrected chi connectivity index (χ4v) is 3.44. The van der Waals surface area contributed by atoms with Crippen LogP contribution in [0.4, 0.5) is 10.1 Å². The number of rotatable bonds is 7. The van der Waals surface area contributed by atoms with Crippen LogP contribution in [0.15, 0.2) is 59.8 Å². The quantitative estimate of drug-likeness (QED) is 0.299.